The van der Waals surface area contributed by atoms with Gasteiger partial charge in [0.15, 0.2) is 0 Å². The van der Waals surface area contributed by atoms with Crippen LogP contribution in [0.4, 0.5) is 11.4 Å². The largest absolute Gasteiger partial charge is 0.491 e. The number of pyridine rings is 1. The third-order valence-electron chi connectivity index (χ3n) is 7.30. The van der Waals surface area contributed by atoms with E-state index in [1.165, 1.54) is 23.4 Å². The van der Waals surface area contributed by atoms with Crippen molar-refractivity contribution in [2.24, 2.45) is 5.92 Å². The van der Waals surface area contributed by atoms with Gasteiger partial charge in [-0.3, -0.25) is 4.79 Å². The Morgan fingerprint density at radius 1 is 1.30 bits per heavy atom. The molecule has 3 atom stereocenters. The molecule has 33 heavy (non-hydrogen) atoms. The fourth-order valence-electron chi connectivity index (χ4n) is 5.69. The summed E-state index contributed by atoms with van der Waals surface area (Å²) >= 11 is 1.36. The third-order valence-corrected chi connectivity index (χ3v) is 8.40. The number of anilines is 2. The minimum absolute atomic E-state index is 0.0912. The molecule has 3 aromatic rings. The summed E-state index contributed by atoms with van der Waals surface area (Å²) in [5.74, 6) is 1.54. The number of benzene rings is 1. The molecule has 0 radical (unpaired) electrons. The van der Waals surface area contributed by atoms with E-state index in [1.54, 1.807) is 0 Å². The van der Waals surface area contributed by atoms with E-state index in [-0.39, 0.29) is 11.9 Å². The van der Waals surface area contributed by atoms with Gasteiger partial charge in [-0.2, -0.15) is 0 Å². The molecule has 3 aliphatic rings. The fraction of sp³-hybridized carbons (Fsp3) is 0.440. The lowest BCUT2D eigenvalue weighted by Gasteiger charge is -2.30. The van der Waals surface area contributed by atoms with Gasteiger partial charge < -0.3 is 26.0 Å². The number of amides is 1. The molecule has 2 saturated heterocycles. The zero-order valence-electron chi connectivity index (χ0n) is 19.0. The van der Waals surface area contributed by atoms with Gasteiger partial charge in [0.25, 0.3) is 5.91 Å². The molecule has 1 amide bonds. The van der Waals surface area contributed by atoms with Crippen LogP contribution in [0.1, 0.15) is 32.9 Å². The number of nitrogens with zero attached hydrogens (tertiary/aromatic N) is 2. The van der Waals surface area contributed by atoms with Crippen LogP contribution in [0.3, 0.4) is 0 Å². The summed E-state index contributed by atoms with van der Waals surface area (Å²) in [7, 11) is 0. The summed E-state index contributed by atoms with van der Waals surface area (Å²) in [6, 6.07) is 9.03. The van der Waals surface area contributed by atoms with Gasteiger partial charge in [0.1, 0.15) is 22.1 Å². The molecular weight excluding hydrogens is 434 g/mol. The summed E-state index contributed by atoms with van der Waals surface area (Å²) in [6.07, 6.45) is 2.00. The molecule has 5 heterocycles. The summed E-state index contributed by atoms with van der Waals surface area (Å²) in [4.78, 5) is 21.5. The van der Waals surface area contributed by atoms with Crippen LogP contribution < -0.4 is 26.0 Å². The highest BCUT2D eigenvalue weighted by atomic mass is 32.1. The van der Waals surface area contributed by atoms with Crippen LogP contribution in [-0.4, -0.2) is 49.2 Å². The van der Waals surface area contributed by atoms with Crippen LogP contribution in [0.5, 0.6) is 5.75 Å². The van der Waals surface area contributed by atoms with Gasteiger partial charge in [0.2, 0.25) is 0 Å². The van der Waals surface area contributed by atoms with Gasteiger partial charge in [0.05, 0.1) is 11.7 Å². The number of carbonyl (C=O) groups is 1. The molecule has 0 spiro atoms. The Bertz CT molecular complexity index is 1260. The van der Waals surface area contributed by atoms with Crippen LogP contribution in [0, 0.1) is 19.8 Å². The van der Waals surface area contributed by atoms with E-state index in [0.717, 1.165) is 64.8 Å². The minimum atomic E-state index is -0.155. The van der Waals surface area contributed by atoms with Crippen molar-refractivity contribution in [1.29, 1.82) is 0 Å². The van der Waals surface area contributed by atoms with Crippen LogP contribution in [-0.2, 0) is 6.42 Å². The summed E-state index contributed by atoms with van der Waals surface area (Å²) in [5, 5.41) is 7.53. The molecular formula is C25H29N5O2S. The van der Waals surface area contributed by atoms with Crippen molar-refractivity contribution in [2.45, 2.75) is 38.8 Å². The predicted octanol–water partition coefficient (Wildman–Crippen LogP) is 3.03. The van der Waals surface area contributed by atoms with E-state index in [9.17, 15) is 4.79 Å². The molecule has 2 fully saturated rings. The molecule has 6 rings (SSSR count). The molecule has 172 valence electrons. The van der Waals surface area contributed by atoms with E-state index < -0.39 is 0 Å². The number of carbonyl (C=O) groups excluding carboxylic acids is 1. The van der Waals surface area contributed by atoms with Crippen LogP contribution in [0.15, 0.2) is 24.3 Å². The number of hydrogen-bond donors (Lipinski definition) is 3. The SMILES string of the molecule is Cc1cc(C)c2c(N)c(C(=O)N[C@H]3COc4cc(N5CC[C@H]6CNC[C@H]65)ccc4C3)sc2n1. The first-order valence-electron chi connectivity index (χ1n) is 11.7. The predicted molar refractivity (Wildman–Crippen MR) is 133 cm³/mol. The van der Waals surface area contributed by atoms with E-state index in [2.05, 4.69) is 38.7 Å². The number of ether oxygens (including phenoxy) is 1. The molecule has 7 nitrogen and oxygen atoms in total. The lowest BCUT2D eigenvalue weighted by Crippen LogP contribution is -2.42. The Morgan fingerprint density at radius 2 is 2.18 bits per heavy atom. The van der Waals surface area contributed by atoms with Crippen molar-refractivity contribution in [3.05, 3.63) is 46.0 Å². The second-order valence-electron chi connectivity index (χ2n) is 9.55. The van der Waals surface area contributed by atoms with E-state index in [4.69, 9.17) is 10.5 Å². The maximum Gasteiger partial charge on any atom is 0.263 e. The Hall–Kier alpha value is -2.84. The summed E-state index contributed by atoms with van der Waals surface area (Å²) in [6.45, 7) is 7.72. The Labute approximate surface area is 197 Å². The normalized spacial score (nSPS) is 23.9. The number of hydrogen-bond acceptors (Lipinski definition) is 7. The topological polar surface area (TPSA) is 92.5 Å². The average molecular weight is 464 g/mol. The molecule has 0 unspecified atom stereocenters. The first kappa shape index (κ1) is 20.7. The monoisotopic (exact) mass is 463 g/mol. The number of nitrogen functional groups attached to an aromatic ring is 1. The minimum Gasteiger partial charge on any atom is -0.491 e. The molecule has 3 aliphatic heterocycles. The van der Waals surface area contributed by atoms with Crippen molar-refractivity contribution in [3.63, 3.8) is 0 Å². The van der Waals surface area contributed by atoms with E-state index in [1.807, 2.05) is 19.9 Å². The van der Waals surface area contributed by atoms with Gasteiger partial charge in [0, 0.05) is 48.5 Å². The van der Waals surface area contributed by atoms with Gasteiger partial charge in [-0.05, 0) is 55.9 Å². The van der Waals surface area contributed by atoms with Gasteiger partial charge in [-0.25, -0.2) is 4.98 Å². The number of aromatic nitrogens is 1. The van der Waals surface area contributed by atoms with Crippen LogP contribution in [0.25, 0.3) is 10.2 Å². The lowest BCUT2D eigenvalue weighted by atomic mass is 10.0. The lowest BCUT2D eigenvalue weighted by molar-refractivity contribution is 0.0920. The zero-order valence-corrected chi connectivity index (χ0v) is 19.8. The van der Waals surface area contributed by atoms with Crippen molar-refractivity contribution in [1.82, 2.24) is 15.6 Å². The maximum atomic E-state index is 13.1. The highest BCUT2D eigenvalue weighted by Crippen LogP contribution is 2.37. The molecule has 1 aromatic carbocycles. The Balaban J connectivity index is 1.18. The zero-order chi connectivity index (χ0) is 22.7. The molecule has 2 aromatic heterocycles. The van der Waals surface area contributed by atoms with Gasteiger partial charge in [-0.1, -0.05) is 6.07 Å². The molecule has 0 saturated carbocycles. The highest BCUT2D eigenvalue weighted by molar-refractivity contribution is 7.21. The number of thiophene rings is 1. The average Bonchev–Trinajstić information content (AvgIpc) is 3.48. The standard InChI is InChI=1S/C25H29N5O2S/c1-13-7-14(2)28-25-21(13)22(26)23(33-25)24(31)29-17-8-15-3-4-18(9-20(15)32-12-17)30-6-5-16-10-27-11-19(16)30/h3-4,7,9,16-17,19,27H,5-6,8,10-12,26H2,1-2H3,(H,29,31)/t16-,17+,19+/m0/s1. The Morgan fingerprint density at radius 3 is 3.06 bits per heavy atom. The van der Waals surface area contributed by atoms with Crippen LogP contribution >= 0.6 is 11.3 Å². The van der Waals surface area contributed by atoms with E-state index >= 15 is 0 Å². The first-order chi connectivity index (χ1) is 16.0. The number of nitrogens with one attached hydrogen (secondary N) is 2. The number of nitrogens with two attached hydrogens (primary N) is 1. The molecule has 0 aliphatic carbocycles. The first-order valence-corrected chi connectivity index (χ1v) is 12.5. The second kappa shape index (κ2) is 7.88. The highest BCUT2D eigenvalue weighted by Gasteiger charge is 2.38. The van der Waals surface area contributed by atoms with Gasteiger partial charge in [-0.15, -0.1) is 11.3 Å². The summed E-state index contributed by atoms with van der Waals surface area (Å²) in [5.41, 5.74) is 11.2. The Kier molecular flexibility index (Phi) is 4.96. The number of aryl methyl sites for hydroxylation is 2. The summed E-state index contributed by atoms with van der Waals surface area (Å²) < 4.78 is 6.11. The second-order valence-corrected chi connectivity index (χ2v) is 10.5. The van der Waals surface area contributed by atoms with Crippen molar-refractivity contribution in [2.75, 3.05) is 36.9 Å². The number of rotatable bonds is 3. The number of fused-ring (bicyclic) bond motifs is 3. The van der Waals surface area contributed by atoms with Crippen molar-refractivity contribution in [3.8, 4) is 5.75 Å². The fourth-order valence-corrected chi connectivity index (χ4v) is 6.81. The van der Waals surface area contributed by atoms with Gasteiger partial charge >= 0.3 is 0 Å². The molecule has 0 bridgehead atoms. The quantitative estimate of drug-likeness (QED) is 0.553. The smallest absolute Gasteiger partial charge is 0.263 e. The van der Waals surface area contributed by atoms with Crippen molar-refractivity contribution >= 4 is 38.8 Å². The molecule has 4 N–H and O–H groups in total. The van der Waals surface area contributed by atoms with Crippen LogP contribution in [0.2, 0.25) is 0 Å². The van der Waals surface area contributed by atoms with E-state index in [0.29, 0.717) is 23.2 Å². The van der Waals surface area contributed by atoms with Crippen molar-refractivity contribution < 1.29 is 9.53 Å². The third kappa shape index (κ3) is 3.52. The maximum absolute atomic E-state index is 13.1. The molecule has 8 heteroatoms.